The summed E-state index contributed by atoms with van der Waals surface area (Å²) in [5.74, 6) is 0. The number of pyridine rings is 1. The van der Waals surface area contributed by atoms with Gasteiger partial charge in [-0.1, -0.05) is 18.9 Å². The Labute approximate surface area is 180 Å². The number of fused-ring (bicyclic) bond motifs is 1. The van der Waals surface area contributed by atoms with E-state index in [4.69, 9.17) is 14.8 Å². The third-order valence-corrected chi connectivity index (χ3v) is 7.85. The third-order valence-electron chi connectivity index (χ3n) is 7.85. The van der Waals surface area contributed by atoms with Crippen LogP contribution in [0, 0.1) is 0 Å². The normalized spacial score (nSPS) is 28.0. The maximum absolute atomic E-state index is 6.39. The summed E-state index contributed by atoms with van der Waals surface area (Å²) in [4.78, 5) is 4.84. The van der Waals surface area contributed by atoms with E-state index in [1.54, 1.807) is 0 Å². The molecule has 5 rings (SSSR count). The number of aromatic nitrogens is 3. The lowest BCUT2D eigenvalue weighted by atomic mass is 9.68. The van der Waals surface area contributed by atoms with Crippen LogP contribution in [0.15, 0.2) is 30.6 Å². The fourth-order valence-corrected chi connectivity index (χ4v) is 6.21. The monoisotopic (exact) mass is 408 g/mol. The molecule has 1 saturated carbocycles. The number of hydrogen-bond acceptors (Lipinski definition) is 4. The van der Waals surface area contributed by atoms with Crippen LogP contribution in [0.25, 0.3) is 0 Å². The Balaban J connectivity index is 1.27. The average molecular weight is 409 g/mol. The summed E-state index contributed by atoms with van der Waals surface area (Å²) in [7, 11) is 0. The minimum absolute atomic E-state index is 0.101. The van der Waals surface area contributed by atoms with Gasteiger partial charge in [0.15, 0.2) is 0 Å². The quantitative estimate of drug-likeness (QED) is 0.778. The molecule has 1 N–H and O–H groups in total. The van der Waals surface area contributed by atoms with E-state index in [-0.39, 0.29) is 11.0 Å². The fourth-order valence-electron chi connectivity index (χ4n) is 6.21. The Hall–Kier alpha value is -1.72. The third kappa shape index (κ3) is 3.94. The Kier molecular flexibility index (Phi) is 5.67. The first-order chi connectivity index (χ1) is 14.7. The fraction of sp³-hybridized carbons (Fsp3) is 0.680. The van der Waals surface area contributed by atoms with Crippen LogP contribution < -0.4 is 5.32 Å². The second kappa shape index (κ2) is 8.43. The summed E-state index contributed by atoms with van der Waals surface area (Å²) < 4.78 is 8.48. The zero-order valence-electron chi connectivity index (χ0n) is 18.4. The van der Waals surface area contributed by atoms with E-state index in [1.165, 1.54) is 49.1 Å². The van der Waals surface area contributed by atoms with Crippen molar-refractivity contribution in [3.8, 4) is 0 Å². The molecule has 1 unspecified atom stereocenters. The maximum atomic E-state index is 6.39. The molecule has 3 heterocycles. The van der Waals surface area contributed by atoms with E-state index in [2.05, 4.69) is 35.3 Å². The lowest BCUT2D eigenvalue weighted by Crippen LogP contribution is -2.48. The summed E-state index contributed by atoms with van der Waals surface area (Å²) >= 11 is 0. The second-order valence-corrected chi connectivity index (χ2v) is 9.76. The van der Waals surface area contributed by atoms with Crippen molar-refractivity contribution in [3.05, 3.63) is 47.5 Å². The van der Waals surface area contributed by atoms with E-state index < -0.39 is 0 Å². The van der Waals surface area contributed by atoms with Crippen molar-refractivity contribution >= 4 is 0 Å². The van der Waals surface area contributed by atoms with Crippen LogP contribution in [0.4, 0.5) is 0 Å². The van der Waals surface area contributed by atoms with Gasteiger partial charge in [0.25, 0.3) is 0 Å². The molecule has 0 bridgehead atoms. The molecule has 5 heteroatoms. The molecule has 2 aromatic heterocycles. The van der Waals surface area contributed by atoms with Crippen LogP contribution >= 0.6 is 0 Å². The highest BCUT2D eigenvalue weighted by molar-refractivity contribution is 5.23. The van der Waals surface area contributed by atoms with Crippen LogP contribution in [0.5, 0.6) is 0 Å². The SMILES string of the molecule is CCn1cc2c(n1)CCC(NCC[C@@]1(c3ccccn3)CCOC3(CCCC3)C1)C2. The van der Waals surface area contributed by atoms with Crippen molar-refractivity contribution in [3.63, 3.8) is 0 Å². The Morgan fingerprint density at radius 1 is 1.23 bits per heavy atom. The van der Waals surface area contributed by atoms with E-state index in [1.807, 2.05) is 12.3 Å². The lowest BCUT2D eigenvalue weighted by molar-refractivity contribution is -0.104. The minimum Gasteiger partial charge on any atom is -0.375 e. The van der Waals surface area contributed by atoms with Gasteiger partial charge in [-0.15, -0.1) is 0 Å². The van der Waals surface area contributed by atoms with Gasteiger partial charge in [-0.05, 0) is 82.5 Å². The summed E-state index contributed by atoms with van der Waals surface area (Å²) in [5.41, 5.74) is 4.27. The van der Waals surface area contributed by atoms with Crippen LogP contribution in [-0.4, -0.2) is 39.6 Å². The van der Waals surface area contributed by atoms with Crippen LogP contribution in [0.2, 0.25) is 0 Å². The van der Waals surface area contributed by atoms with Gasteiger partial charge in [-0.3, -0.25) is 9.67 Å². The van der Waals surface area contributed by atoms with Crippen LogP contribution in [0.1, 0.15) is 75.2 Å². The van der Waals surface area contributed by atoms with Crippen molar-refractivity contribution in [2.45, 2.75) is 94.7 Å². The van der Waals surface area contributed by atoms with Gasteiger partial charge in [-0.2, -0.15) is 5.10 Å². The molecule has 2 atom stereocenters. The number of nitrogens with zero attached hydrogens (tertiary/aromatic N) is 3. The Bertz CT molecular complexity index is 842. The molecular formula is C25H36N4O. The largest absolute Gasteiger partial charge is 0.375 e. The molecule has 1 spiro atoms. The molecule has 5 nitrogen and oxygen atoms in total. The van der Waals surface area contributed by atoms with E-state index >= 15 is 0 Å². The highest BCUT2D eigenvalue weighted by Gasteiger charge is 2.48. The van der Waals surface area contributed by atoms with Crippen molar-refractivity contribution in [1.82, 2.24) is 20.1 Å². The first-order valence-corrected chi connectivity index (χ1v) is 12.0. The zero-order chi connectivity index (χ0) is 20.4. The Morgan fingerprint density at radius 3 is 2.93 bits per heavy atom. The van der Waals surface area contributed by atoms with Crippen molar-refractivity contribution in [1.29, 1.82) is 0 Å². The summed E-state index contributed by atoms with van der Waals surface area (Å²) in [6.45, 7) is 5.05. The highest BCUT2D eigenvalue weighted by atomic mass is 16.5. The number of rotatable bonds is 6. The van der Waals surface area contributed by atoms with Crippen LogP contribution in [0.3, 0.4) is 0 Å². The van der Waals surface area contributed by atoms with Crippen molar-refractivity contribution < 1.29 is 4.74 Å². The lowest BCUT2D eigenvalue weighted by Gasteiger charge is -2.46. The van der Waals surface area contributed by atoms with E-state index in [0.29, 0.717) is 6.04 Å². The molecule has 2 aliphatic carbocycles. The van der Waals surface area contributed by atoms with Gasteiger partial charge in [0.1, 0.15) is 0 Å². The predicted octanol–water partition coefficient (Wildman–Crippen LogP) is 4.20. The summed E-state index contributed by atoms with van der Waals surface area (Å²) in [6.07, 6.45) is 16.1. The van der Waals surface area contributed by atoms with Gasteiger partial charge in [-0.25, -0.2) is 0 Å². The van der Waals surface area contributed by atoms with Gasteiger partial charge in [0, 0.05) is 42.7 Å². The molecule has 0 amide bonds. The molecule has 3 aliphatic rings. The molecule has 2 aromatic rings. The van der Waals surface area contributed by atoms with Gasteiger partial charge < -0.3 is 10.1 Å². The molecule has 0 aromatic carbocycles. The zero-order valence-corrected chi connectivity index (χ0v) is 18.4. The molecule has 162 valence electrons. The Morgan fingerprint density at radius 2 is 2.13 bits per heavy atom. The summed E-state index contributed by atoms with van der Waals surface area (Å²) in [5, 5.41) is 8.62. The molecule has 2 fully saturated rings. The molecule has 1 aliphatic heterocycles. The van der Waals surface area contributed by atoms with E-state index in [0.717, 1.165) is 51.8 Å². The summed E-state index contributed by atoms with van der Waals surface area (Å²) in [6, 6.07) is 7.01. The molecule has 0 radical (unpaired) electrons. The van der Waals surface area contributed by atoms with Gasteiger partial charge in [0.05, 0.1) is 11.3 Å². The second-order valence-electron chi connectivity index (χ2n) is 9.76. The predicted molar refractivity (Wildman–Crippen MR) is 119 cm³/mol. The number of ether oxygens (including phenoxy) is 1. The molecule has 30 heavy (non-hydrogen) atoms. The standard InChI is InChI=1S/C25H36N4O/c1-2-29-18-20-17-21(8-9-22(20)28-29)26-15-12-24(23-7-3-6-14-27-23)13-16-30-25(19-24)10-4-5-11-25/h3,6-7,14,18,21,26H,2,4-5,8-13,15-17,19H2,1H3/t21?,24-/m1/s1. The van der Waals surface area contributed by atoms with Gasteiger partial charge >= 0.3 is 0 Å². The molecular weight excluding hydrogens is 372 g/mol. The molecule has 1 saturated heterocycles. The van der Waals surface area contributed by atoms with Crippen molar-refractivity contribution in [2.24, 2.45) is 0 Å². The number of aryl methyl sites for hydroxylation is 2. The first kappa shape index (κ1) is 20.2. The number of nitrogens with one attached hydrogen (secondary N) is 1. The number of hydrogen-bond donors (Lipinski definition) is 1. The highest BCUT2D eigenvalue weighted by Crippen LogP contribution is 2.49. The minimum atomic E-state index is 0.101. The van der Waals surface area contributed by atoms with Crippen LogP contribution in [-0.2, 0) is 29.5 Å². The van der Waals surface area contributed by atoms with E-state index in [9.17, 15) is 0 Å². The smallest absolute Gasteiger partial charge is 0.0691 e. The average Bonchev–Trinajstić information content (AvgIpc) is 3.40. The maximum Gasteiger partial charge on any atom is 0.0691 e. The van der Waals surface area contributed by atoms with Gasteiger partial charge in [0.2, 0.25) is 0 Å². The first-order valence-electron chi connectivity index (χ1n) is 12.0. The van der Waals surface area contributed by atoms with Crippen molar-refractivity contribution in [2.75, 3.05) is 13.2 Å². The topological polar surface area (TPSA) is 52.0 Å².